The van der Waals surface area contributed by atoms with Gasteiger partial charge in [-0.05, 0) is 36.8 Å². The SMILES string of the molecule is Cc1ccc(/C=C/C(=O)Nc2cc(Cl)cc(Cl)c2)cc1. The average molecular weight is 306 g/mol. The number of hydrogen-bond acceptors (Lipinski definition) is 1. The first kappa shape index (κ1) is 14.6. The molecule has 2 nitrogen and oxygen atoms in total. The van der Waals surface area contributed by atoms with Crippen molar-refractivity contribution in [2.75, 3.05) is 5.32 Å². The molecule has 0 aliphatic heterocycles. The average Bonchev–Trinajstić information content (AvgIpc) is 2.37. The van der Waals surface area contributed by atoms with Gasteiger partial charge in [0.15, 0.2) is 0 Å². The normalized spacial score (nSPS) is 10.8. The van der Waals surface area contributed by atoms with E-state index in [-0.39, 0.29) is 5.91 Å². The molecule has 0 aliphatic rings. The van der Waals surface area contributed by atoms with Crippen LogP contribution < -0.4 is 5.32 Å². The summed E-state index contributed by atoms with van der Waals surface area (Å²) in [7, 11) is 0. The van der Waals surface area contributed by atoms with Crippen molar-refractivity contribution in [1.29, 1.82) is 0 Å². The number of carbonyl (C=O) groups excluding carboxylic acids is 1. The first-order valence-electron chi connectivity index (χ1n) is 6.05. The zero-order chi connectivity index (χ0) is 14.5. The standard InChI is InChI=1S/C16H13Cl2NO/c1-11-2-4-12(5-3-11)6-7-16(20)19-15-9-13(17)8-14(18)10-15/h2-10H,1H3,(H,19,20)/b7-6+. The van der Waals surface area contributed by atoms with Crippen LogP contribution in [-0.4, -0.2) is 5.91 Å². The van der Waals surface area contributed by atoms with Crippen LogP contribution in [0.2, 0.25) is 10.0 Å². The van der Waals surface area contributed by atoms with Crippen LogP contribution in [0.15, 0.2) is 48.5 Å². The summed E-state index contributed by atoms with van der Waals surface area (Å²) in [5.74, 6) is -0.232. The zero-order valence-electron chi connectivity index (χ0n) is 10.9. The molecule has 20 heavy (non-hydrogen) atoms. The number of halogens is 2. The molecular formula is C16H13Cl2NO. The lowest BCUT2D eigenvalue weighted by Gasteiger charge is -2.03. The molecule has 2 aromatic carbocycles. The van der Waals surface area contributed by atoms with E-state index < -0.39 is 0 Å². The molecule has 102 valence electrons. The smallest absolute Gasteiger partial charge is 0.248 e. The van der Waals surface area contributed by atoms with Crippen LogP contribution in [-0.2, 0) is 4.79 Å². The molecule has 0 fully saturated rings. The third-order valence-electron chi connectivity index (χ3n) is 2.63. The summed E-state index contributed by atoms with van der Waals surface area (Å²) in [5.41, 5.74) is 2.72. The number of benzene rings is 2. The Morgan fingerprint density at radius 3 is 2.25 bits per heavy atom. The van der Waals surface area contributed by atoms with Gasteiger partial charge in [0.25, 0.3) is 0 Å². The van der Waals surface area contributed by atoms with Crippen molar-refractivity contribution in [3.63, 3.8) is 0 Å². The molecule has 0 aliphatic carbocycles. The molecule has 0 radical (unpaired) electrons. The third kappa shape index (κ3) is 4.41. The number of amides is 1. The number of carbonyl (C=O) groups is 1. The van der Waals surface area contributed by atoms with Gasteiger partial charge in [0, 0.05) is 21.8 Å². The summed E-state index contributed by atoms with van der Waals surface area (Å²) in [4.78, 5) is 11.8. The summed E-state index contributed by atoms with van der Waals surface area (Å²) in [6.45, 7) is 2.02. The fraction of sp³-hybridized carbons (Fsp3) is 0.0625. The maximum Gasteiger partial charge on any atom is 0.248 e. The van der Waals surface area contributed by atoms with E-state index in [1.54, 1.807) is 24.3 Å². The second-order valence-electron chi connectivity index (χ2n) is 4.39. The van der Waals surface area contributed by atoms with Gasteiger partial charge in [-0.25, -0.2) is 0 Å². The van der Waals surface area contributed by atoms with Crippen LogP contribution in [0, 0.1) is 6.92 Å². The minimum Gasteiger partial charge on any atom is -0.322 e. The van der Waals surface area contributed by atoms with E-state index in [2.05, 4.69) is 5.32 Å². The van der Waals surface area contributed by atoms with Gasteiger partial charge in [0.2, 0.25) is 5.91 Å². The van der Waals surface area contributed by atoms with E-state index in [0.717, 1.165) is 5.56 Å². The number of rotatable bonds is 3. The largest absolute Gasteiger partial charge is 0.322 e. The highest BCUT2D eigenvalue weighted by Crippen LogP contribution is 2.22. The number of anilines is 1. The molecule has 0 unspecified atom stereocenters. The summed E-state index contributed by atoms with van der Waals surface area (Å²) in [6.07, 6.45) is 3.22. The van der Waals surface area contributed by atoms with Gasteiger partial charge < -0.3 is 5.32 Å². The van der Waals surface area contributed by atoms with Crippen molar-refractivity contribution in [1.82, 2.24) is 0 Å². The maximum atomic E-state index is 11.8. The van der Waals surface area contributed by atoms with Crippen molar-refractivity contribution >= 4 is 40.9 Å². The lowest BCUT2D eigenvalue weighted by atomic mass is 10.1. The summed E-state index contributed by atoms with van der Waals surface area (Å²) in [5, 5.41) is 3.67. The Hall–Kier alpha value is -1.77. The highest BCUT2D eigenvalue weighted by atomic mass is 35.5. The fourth-order valence-electron chi connectivity index (χ4n) is 1.66. The lowest BCUT2D eigenvalue weighted by molar-refractivity contribution is -0.111. The third-order valence-corrected chi connectivity index (χ3v) is 3.07. The van der Waals surface area contributed by atoms with E-state index >= 15 is 0 Å². The van der Waals surface area contributed by atoms with Gasteiger partial charge in [-0.3, -0.25) is 4.79 Å². The van der Waals surface area contributed by atoms with Crippen LogP contribution in [0.25, 0.3) is 6.08 Å². The molecule has 0 saturated heterocycles. The predicted octanol–water partition coefficient (Wildman–Crippen LogP) is 4.95. The predicted molar refractivity (Wildman–Crippen MR) is 85.3 cm³/mol. The van der Waals surface area contributed by atoms with Crippen molar-refractivity contribution in [3.05, 3.63) is 69.7 Å². The van der Waals surface area contributed by atoms with Gasteiger partial charge in [0.05, 0.1) is 0 Å². The van der Waals surface area contributed by atoms with Crippen LogP contribution in [0.1, 0.15) is 11.1 Å². The fourth-order valence-corrected chi connectivity index (χ4v) is 2.19. The van der Waals surface area contributed by atoms with Crippen LogP contribution in [0.3, 0.4) is 0 Å². The van der Waals surface area contributed by atoms with Gasteiger partial charge >= 0.3 is 0 Å². The van der Waals surface area contributed by atoms with Crippen LogP contribution in [0.4, 0.5) is 5.69 Å². The second-order valence-corrected chi connectivity index (χ2v) is 5.26. The molecule has 1 amide bonds. The van der Waals surface area contributed by atoms with Crippen LogP contribution in [0.5, 0.6) is 0 Å². The monoisotopic (exact) mass is 305 g/mol. The number of hydrogen-bond donors (Lipinski definition) is 1. The van der Waals surface area contributed by atoms with E-state index in [1.807, 2.05) is 31.2 Å². The molecular weight excluding hydrogens is 293 g/mol. The number of aryl methyl sites for hydroxylation is 1. The van der Waals surface area contributed by atoms with Gasteiger partial charge in [-0.15, -0.1) is 0 Å². The van der Waals surface area contributed by atoms with Crippen molar-refractivity contribution in [2.24, 2.45) is 0 Å². The van der Waals surface area contributed by atoms with Gasteiger partial charge in [0.1, 0.15) is 0 Å². The summed E-state index contributed by atoms with van der Waals surface area (Å²) >= 11 is 11.7. The van der Waals surface area contributed by atoms with Gasteiger partial charge in [-0.2, -0.15) is 0 Å². The summed E-state index contributed by atoms with van der Waals surface area (Å²) < 4.78 is 0. The van der Waals surface area contributed by atoms with Crippen LogP contribution >= 0.6 is 23.2 Å². The molecule has 2 aromatic rings. The van der Waals surface area contributed by atoms with E-state index in [9.17, 15) is 4.79 Å². The Morgan fingerprint density at radius 2 is 1.65 bits per heavy atom. The topological polar surface area (TPSA) is 29.1 Å². The molecule has 0 aromatic heterocycles. The lowest BCUT2D eigenvalue weighted by Crippen LogP contribution is -2.07. The number of nitrogens with one attached hydrogen (secondary N) is 1. The molecule has 0 bridgehead atoms. The molecule has 1 N–H and O–H groups in total. The zero-order valence-corrected chi connectivity index (χ0v) is 12.4. The molecule has 0 saturated carbocycles. The first-order chi connectivity index (χ1) is 9.52. The Morgan fingerprint density at radius 1 is 1.05 bits per heavy atom. The molecule has 0 atom stereocenters. The van der Waals surface area contributed by atoms with E-state index in [4.69, 9.17) is 23.2 Å². The van der Waals surface area contributed by atoms with E-state index in [1.165, 1.54) is 11.6 Å². The Labute approximate surface area is 128 Å². The molecule has 2 rings (SSSR count). The summed E-state index contributed by atoms with van der Waals surface area (Å²) in [6, 6.07) is 12.8. The Kier molecular flexibility index (Phi) is 4.83. The quantitative estimate of drug-likeness (QED) is 0.798. The highest BCUT2D eigenvalue weighted by Gasteiger charge is 2.01. The highest BCUT2D eigenvalue weighted by molar-refractivity contribution is 6.35. The minimum atomic E-state index is -0.232. The first-order valence-corrected chi connectivity index (χ1v) is 6.80. The molecule has 0 spiro atoms. The van der Waals surface area contributed by atoms with Crippen molar-refractivity contribution in [3.8, 4) is 0 Å². The Balaban J connectivity index is 2.03. The Bertz CT molecular complexity index is 628. The molecule has 0 heterocycles. The second kappa shape index (κ2) is 6.60. The van der Waals surface area contributed by atoms with E-state index in [0.29, 0.717) is 15.7 Å². The van der Waals surface area contributed by atoms with Crippen molar-refractivity contribution < 1.29 is 4.79 Å². The molecule has 4 heteroatoms. The minimum absolute atomic E-state index is 0.232. The van der Waals surface area contributed by atoms with Gasteiger partial charge in [-0.1, -0.05) is 53.0 Å². The maximum absolute atomic E-state index is 11.8. The van der Waals surface area contributed by atoms with Crippen molar-refractivity contribution in [2.45, 2.75) is 6.92 Å².